The van der Waals surface area contributed by atoms with Crippen molar-refractivity contribution in [2.45, 2.75) is 168 Å². The summed E-state index contributed by atoms with van der Waals surface area (Å²) in [5.41, 5.74) is -0.0221. The molecule has 6 aliphatic rings. The monoisotopic (exact) mass is 633 g/mol. The van der Waals surface area contributed by atoms with Crippen LogP contribution in [0.4, 0.5) is 0 Å². The summed E-state index contributed by atoms with van der Waals surface area (Å²) in [5, 5.41) is 27.4. The van der Waals surface area contributed by atoms with Crippen LogP contribution in [0.2, 0.25) is 0 Å². The molecule has 12 atom stereocenters. The number of carbonyl (C=O) groups excluding carboxylic acids is 1. The number of aliphatic hydroxyl groups excluding tert-OH is 3. The molecule has 4 saturated carbocycles. The highest BCUT2D eigenvalue weighted by atomic mass is 16.7. The lowest BCUT2D eigenvalue weighted by atomic mass is 9.44. The minimum Gasteiger partial charge on any atom is -0.396 e. The van der Waals surface area contributed by atoms with Crippen LogP contribution in [0.5, 0.6) is 0 Å². The fourth-order valence-corrected chi connectivity index (χ4v) is 11.6. The Labute approximate surface area is 274 Å². The largest absolute Gasteiger partial charge is 0.396 e. The van der Waals surface area contributed by atoms with E-state index < -0.39 is 5.79 Å². The third-order valence-electron chi connectivity index (χ3n) is 14.3. The van der Waals surface area contributed by atoms with E-state index in [4.69, 9.17) is 19.7 Å². The average Bonchev–Trinajstić information content (AvgIpc) is 3.47. The topological polar surface area (TPSA) is 96.2 Å². The molecule has 260 valence electrons. The van der Waals surface area contributed by atoms with Crippen molar-refractivity contribution in [3.8, 4) is 0 Å². The van der Waals surface area contributed by atoms with Gasteiger partial charge in [0, 0.05) is 43.3 Å². The van der Waals surface area contributed by atoms with Crippen LogP contribution in [0.25, 0.3) is 0 Å². The van der Waals surface area contributed by atoms with Crippen LogP contribution >= 0.6 is 0 Å². The Kier molecular flexibility index (Phi) is 12.2. The smallest absolute Gasteiger partial charge is 0.171 e. The van der Waals surface area contributed by atoms with E-state index in [0.29, 0.717) is 54.5 Å². The van der Waals surface area contributed by atoms with Gasteiger partial charge in [0.2, 0.25) is 0 Å². The lowest BCUT2D eigenvalue weighted by Crippen LogP contribution is -2.58. The molecule has 6 fully saturated rings. The number of rotatable bonds is 11. The van der Waals surface area contributed by atoms with E-state index in [1.54, 1.807) is 0 Å². The highest BCUT2D eigenvalue weighted by Crippen LogP contribution is 2.70. The first kappa shape index (κ1) is 35.8. The van der Waals surface area contributed by atoms with Gasteiger partial charge in [-0.25, -0.2) is 0 Å². The Morgan fingerprint density at radius 2 is 1.40 bits per heavy atom. The maximum Gasteiger partial charge on any atom is 0.171 e. The number of ketones is 1. The summed E-state index contributed by atoms with van der Waals surface area (Å²) in [6, 6.07) is 0. The van der Waals surface area contributed by atoms with E-state index in [1.165, 1.54) is 64.2 Å². The van der Waals surface area contributed by atoms with E-state index in [9.17, 15) is 9.90 Å². The molecule has 2 heterocycles. The van der Waals surface area contributed by atoms with Gasteiger partial charge in [-0.15, -0.1) is 0 Å². The van der Waals surface area contributed by atoms with Gasteiger partial charge in [-0.3, -0.25) is 4.79 Å². The number of ether oxygens (including phenoxy) is 2. The summed E-state index contributed by atoms with van der Waals surface area (Å²) in [6.07, 6.45) is 21.6. The molecular weight excluding hydrogens is 564 g/mol. The molecule has 6 rings (SSSR count). The molecule has 0 aromatic rings. The molecule has 0 aromatic heterocycles. The molecule has 45 heavy (non-hydrogen) atoms. The number of unbranched alkanes of at least 4 members (excludes halogenated alkanes) is 9. The summed E-state index contributed by atoms with van der Waals surface area (Å²) in [4.78, 5) is 14.0. The molecule has 0 amide bonds. The number of fused-ring (bicyclic) bond motifs is 7. The number of aliphatic hydroxyl groups is 3. The predicted octanol–water partition coefficient (Wildman–Crippen LogP) is 7.84. The average molecular weight is 633 g/mol. The number of hydrogen-bond donors (Lipinski definition) is 3. The quantitative estimate of drug-likeness (QED) is 0.201. The van der Waals surface area contributed by atoms with Crippen LogP contribution in [0.1, 0.15) is 150 Å². The molecule has 2 aliphatic heterocycles. The molecule has 6 nitrogen and oxygen atoms in total. The van der Waals surface area contributed by atoms with Gasteiger partial charge < -0.3 is 24.8 Å². The summed E-state index contributed by atoms with van der Waals surface area (Å²) < 4.78 is 13.2. The zero-order valence-corrected chi connectivity index (χ0v) is 29.3. The number of Topliss-reactive ketones (excluding diaryl/α,β-unsaturated/α-hetero) is 1. The molecule has 3 N–H and O–H groups in total. The third kappa shape index (κ3) is 7.12. The van der Waals surface area contributed by atoms with Gasteiger partial charge in [0.15, 0.2) is 5.79 Å². The van der Waals surface area contributed by atoms with E-state index in [1.807, 2.05) is 0 Å². The van der Waals surface area contributed by atoms with Crippen LogP contribution in [-0.4, -0.2) is 58.9 Å². The number of carbonyl (C=O) groups is 1. The number of hydrogen-bond acceptors (Lipinski definition) is 6. The fraction of sp³-hybridized carbons (Fsp3) is 0.974. The SMILES string of the molecule is C[C@@H]1CC[C@@]2(OC1)O[C@H]1C[C@H]3[C@@H]4CC[C@H]5C[C@@H](O)CC[C@]5(C)[C@H]4CC(=O)[C@]3(C)[C@H]1[C@@H]2C.OCCCCCCCCCCCCO. The van der Waals surface area contributed by atoms with Gasteiger partial charge >= 0.3 is 0 Å². The van der Waals surface area contributed by atoms with Crippen LogP contribution < -0.4 is 0 Å². The molecule has 1 spiro atoms. The van der Waals surface area contributed by atoms with Crippen molar-refractivity contribution in [1.82, 2.24) is 0 Å². The Hall–Kier alpha value is -0.530. The van der Waals surface area contributed by atoms with E-state index in [-0.39, 0.29) is 29.0 Å². The second-order valence-electron chi connectivity index (χ2n) is 17.0. The first-order valence-electron chi connectivity index (χ1n) is 19.4. The summed E-state index contributed by atoms with van der Waals surface area (Å²) >= 11 is 0. The first-order valence-corrected chi connectivity index (χ1v) is 19.4. The molecule has 0 bridgehead atoms. The predicted molar refractivity (Wildman–Crippen MR) is 178 cm³/mol. The van der Waals surface area contributed by atoms with Crippen LogP contribution in [-0.2, 0) is 14.3 Å². The molecule has 2 saturated heterocycles. The van der Waals surface area contributed by atoms with Crippen molar-refractivity contribution in [1.29, 1.82) is 0 Å². The maximum absolute atomic E-state index is 14.0. The van der Waals surface area contributed by atoms with Gasteiger partial charge in [0.25, 0.3) is 0 Å². The van der Waals surface area contributed by atoms with Gasteiger partial charge in [-0.05, 0) is 92.8 Å². The van der Waals surface area contributed by atoms with E-state index in [2.05, 4.69) is 27.7 Å². The van der Waals surface area contributed by atoms with Crippen LogP contribution in [0.15, 0.2) is 0 Å². The van der Waals surface area contributed by atoms with Crippen molar-refractivity contribution < 1.29 is 29.6 Å². The van der Waals surface area contributed by atoms with Crippen molar-refractivity contribution in [3.63, 3.8) is 0 Å². The second kappa shape index (κ2) is 15.3. The summed E-state index contributed by atoms with van der Waals surface area (Å²) in [6.45, 7) is 10.8. The van der Waals surface area contributed by atoms with Crippen molar-refractivity contribution >= 4 is 5.78 Å². The zero-order chi connectivity index (χ0) is 32.2. The normalized spacial score (nSPS) is 45.3. The lowest BCUT2D eigenvalue weighted by Gasteiger charge is -2.60. The highest BCUT2D eigenvalue weighted by Gasteiger charge is 2.71. The van der Waals surface area contributed by atoms with Gasteiger partial charge in [0.1, 0.15) is 5.78 Å². The van der Waals surface area contributed by atoms with Gasteiger partial charge in [-0.2, -0.15) is 0 Å². The highest BCUT2D eigenvalue weighted by molar-refractivity contribution is 5.87. The molecule has 4 aliphatic carbocycles. The molecule has 0 aromatic carbocycles. The Morgan fingerprint density at radius 3 is 1.98 bits per heavy atom. The standard InChI is InChI=1S/C27H42O4.C12H26O2/c1-15-7-10-27(30-14-15)16(2)24-22(31-27)12-21-19-6-5-17-11-18(28)8-9-25(17,3)20(19)13-23(29)26(21,24)4;13-11-9-7-5-3-1-2-4-6-8-10-12-14/h15-22,24,28H,5-14H2,1-4H3;13-14H,1-12H2/t15-,16+,17+,18+,19-,20+,21+,22+,24+,25+,26-,27-;/m1./s1. The third-order valence-corrected chi connectivity index (χ3v) is 14.3. The lowest BCUT2D eigenvalue weighted by molar-refractivity contribution is -0.272. The second-order valence-corrected chi connectivity index (χ2v) is 17.0. The first-order chi connectivity index (χ1) is 21.6. The Balaban J connectivity index is 0.000000244. The minimum atomic E-state index is -0.448. The maximum atomic E-state index is 14.0. The fourth-order valence-electron chi connectivity index (χ4n) is 11.6. The Bertz CT molecular complexity index is 934. The Morgan fingerprint density at radius 1 is 0.778 bits per heavy atom. The van der Waals surface area contributed by atoms with Gasteiger partial charge in [-0.1, -0.05) is 79.1 Å². The molecule has 0 radical (unpaired) electrons. The molecule has 0 unspecified atom stereocenters. The van der Waals surface area contributed by atoms with E-state index in [0.717, 1.165) is 64.4 Å². The van der Waals surface area contributed by atoms with Gasteiger partial charge in [0.05, 0.1) is 18.8 Å². The minimum absolute atomic E-state index is 0.131. The van der Waals surface area contributed by atoms with Crippen LogP contribution in [0.3, 0.4) is 0 Å². The van der Waals surface area contributed by atoms with Crippen molar-refractivity contribution in [3.05, 3.63) is 0 Å². The molecule has 6 heteroatoms. The van der Waals surface area contributed by atoms with Crippen molar-refractivity contribution in [2.24, 2.45) is 52.3 Å². The molecular formula is C39H68O6. The zero-order valence-electron chi connectivity index (χ0n) is 29.3. The summed E-state index contributed by atoms with van der Waals surface area (Å²) in [7, 11) is 0. The van der Waals surface area contributed by atoms with E-state index >= 15 is 0 Å². The summed E-state index contributed by atoms with van der Waals surface area (Å²) in [5.74, 6) is 3.45. The van der Waals surface area contributed by atoms with Crippen LogP contribution in [0, 0.1) is 52.3 Å². The van der Waals surface area contributed by atoms with Crippen molar-refractivity contribution in [2.75, 3.05) is 19.8 Å².